The molecule has 22 heavy (non-hydrogen) atoms. The summed E-state index contributed by atoms with van der Waals surface area (Å²) in [6.45, 7) is 8.06. The van der Waals surface area contributed by atoms with Crippen molar-refractivity contribution in [3.8, 4) is 0 Å². The number of fused-ring (bicyclic) bond motifs is 1. The van der Waals surface area contributed by atoms with E-state index in [2.05, 4.69) is 27.3 Å². The molecule has 1 fully saturated rings. The summed E-state index contributed by atoms with van der Waals surface area (Å²) >= 11 is 0. The Morgan fingerprint density at radius 2 is 2.05 bits per heavy atom. The number of aromatic nitrogens is 4. The predicted molar refractivity (Wildman–Crippen MR) is 88.1 cm³/mol. The molecule has 0 radical (unpaired) electrons. The first-order valence-electron chi connectivity index (χ1n) is 6.78. The third kappa shape index (κ3) is 3.48. The third-order valence-corrected chi connectivity index (χ3v) is 3.47. The van der Waals surface area contributed by atoms with Crippen LogP contribution < -0.4 is 5.32 Å². The van der Waals surface area contributed by atoms with E-state index in [4.69, 9.17) is 0 Å². The third-order valence-electron chi connectivity index (χ3n) is 3.47. The number of halogens is 2. The summed E-state index contributed by atoms with van der Waals surface area (Å²) in [6.07, 6.45) is 0. The zero-order valence-electron chi connectivity index (χ0n) is 12.7. The van der Waals surface area contributed by atoms with Crippen LogP contribution in [0, 0.1) is 13.8 Å². The second-order valence-corrected chi connectivity index (χ2v) is 5.29. The SMILES string of the molecule is Cc1cc(C)n2nc(C(=O)N3CCNC(C)C3)nc2n1.Cl.Cl. The van der Waals surface area contributed by atoms with E-state index in [1.807, 2.05) is 19.9 Å². The van der Waals surface area contributed by atoms with Crippen molar-refractivity contribution in [2.75, 3.05) is 19.6 Å². The Morgan fingerprint density at radius 1 is 1.32 bits per heavy atom. The van der Waals surface area contributed by atoms with Crippen molar-refractivity contribution in [2.45, 2.75) is 26.8 Å². The fraction of sp³-hybridized carbons (Fsp3) is 0.538. The standard InChI is InChI=1S/C13H18N6O.2ClH/c1-8-6-10(3)19-13(15-8)16-11(17-19)12(20)18-5-4-14-9(2)7-18;;/h6,9,14H,4-5,7H2,1-3H3;2*1H. The fourth-order valence-electron chi connectivity index (χ4n) is 2.52. The van der Waals surface area contributed by atoms with Crippen LogP contribution in [0.25, 0.3) is 5.78 Å². The van der Waals surface area contributed by atoms with Gasteiger partial charge in [0.2, 0.25) is 5.82 Å². The molecule has 2 aromatic rings. The highest BCUT2D eigenvalue weighted by Crippen LogP contribution is 2.08. The van der Waals surface area contributed by atoms with Crippen LogP contribution in [0.15, 0.2) is 6.07 Å². The van der Waals surface area contributed by atoms with Crippen molar-refractivity contribution in [1.82, 2.24) is 29.8 Å². The van der Waals surface area contributed by atoms with Crippen LogP contribution in [0.1, 0.15) is 28.9 Å². The molecule has 1 atom stereocenters. The van der Waals surface area contributed by atoms with Gasteiger partial charge in [0.15, 0.2) is 0 Å². The van der Waals surface area contributed by atoms with Crippen LogP contribution in [-0.4, -0.2) is 56.1 Å². The van der Waals surface area contributed by atoms with Gasteiger partial charge in [0, 0.05) is 37.1 Å². The maximum Gasteiger partial charge on any atom is 0.293 e. The van der Waals surface area contributed by atoms with Crippen LogP contribution in [0.3, 0.4) is 0 Å². The molecule has 1 saturated heterocycles. The Balaban J connectivity index is 0.00000121. The summed E-state index contributed by atoms with van der Waals surface area (Å²) in [7, 11) is 0. The molecular formula is C13H20Cl2N6O. The van der Waals surface area contributed by atoms with Crippen molar-refractivity contribution in [2.24, 2.45) is 0 Å². The number of carbonyl (C=O) groups excluding carboxylic acids is 1. The first kappa shape index (κ1) is 18.6. The van der Waals surface area contributed by atoms with E-state index >= 15 is 0 Å². The van der Waals surface area contributed by atoms with Crippen LogP contribution in [0.4, 0.5) is 0 Å². The van der Waals surface area contributed by atoms with E-state index in [-0.39, 0.29) is 36.5 Å². The summed E-state index contributed by atoms with van der Waals surface area (Å²) in [5.41, 5.74) is 1.80. The molecule has 3 heterocycles. The Hall–Kier alpha value is -1.44. The van der Waals surface area contributed by atoms with E-state index in [9.17, 15) is 4.79 Å². The monoisotopic (exact) mass is 346 g/mol. The quantitative estimate of drug-likeness (QED) is 0.834. The Labute approximate surface area is 141 Å². The molecule has 2 aromatic heterocycles. The molecule has 0 spiro atoms. The van der Waals surface area contributed by atoms with Crippen LogP contribution in [0.2, 0.25) is 0 Å². The average molecular weight is 347 g/mol. The lowest BCUT2D eigenvalue weighted by atomic mass is 10.2. The topological polar surface area (TPSA) is 75.4 Å². The van der Waals surface area contributed by atoms with Gasteiger partial charge in [0.05, 0.1) is 0 Å². The molecule has 1 amide bonds. The average Bonchev–Trinajstić information content (AvgIpc) is 2.82. The second kappa shape index (κ2) is 7.21. The summed E-state index contributed by atoms with van der Waals surface area (Å²) < 4.78 is 1.62. The normalized spacial score (nSPS) is 17.8. The highest BCUT2D eigenvalue weighted by Gasteiger charge is 2.25. The zero-order valence-corrected chi connectivity index (χ0v) is 14.4. The van der Waals surface area contributed by atoms with Gasteiger partial charge in [-0.15, -0.1) is 29.9 Å². The lowest BCUT2D eigenvalue weighted by Gasteiger charge is -2.30. The number of rotatable bonds is 1. The molecule has 1 N–H and O–H groups in total. The molecule has 1 aliphatic rings. The van der Waals surface area contributed by atoms with Crippen molar-refractivity contribution in [1.29, 1.82) is 0 Å². The van der Waals surface area contributed by atoms with Crippen molar-refractivity contribution < 1.29 is 4.79 Å². The molecular weight excluding hydrogens is 327 g/mol. The van der Waals surface area contributed by atoms with Crippen LogP contribution in [0.5, 0.6) is 0 Å². The van der Waals surface area contributed by atoms with Gasteiger partial charge in [0.1, 0.15) is 0 Å². The molecule has 122 valence electrons. The molecule has 0 bridgehead atoms. The summed E-state index contributed by atoms with van der Waals surface area (Å²) in [6, 6.07) is 2.22. The van der Waals surface area contributed by atoms with E-state index in [0.717, 1.165) is 17.9 Å². The van der Waals surface area contributed by atoms with Crippen LogP contribution in [-0.2, 0) is 0 Å². The lowest BCUT2D eigenvalue weighted by Crippen LogP contribution is -2.51. The van der Waals surface area contributed by atoms with Gasteiger partial charge < -0.3 is 10.2 Å². The maximum absolute atomic E-state index is 12.4. The largest absolute Gasteiger partial charge is 0.333 e. The minimum Gasteiger partial charge on any atom is -0.333 e. The molecule has 7 nitrogen and oxygen atoms in total. The molecule has 0 saturated carbocycles. The predicted octanol–water partition coefficient (Wildman–Crippen LogP) is 1.02. The first-order chi connectivity index (χ1) is 9.54. The van der Waals surface area contributed by atoms with Gasteiger partial charge in [-0.05, 0) is 26.8 Å². The van der Waals surface area contributed by atoms with Crippen LogP contribution >= 0.6 is 24.8 Å². The van der Waals surface area contributed by atoms with Crippen molar-refractivity contribution in [3.05, 3.63) is 23.3 Å². The molecule has 0 aromatic carbocycles. The molecule has 3 rings (SSSR count). The summed E-state index contributed by atoms with van der Waals surface area (Å²) in [5, 5.41) is 7.59. The Bertz CT molecular complexity index is 674. The van der Waals surface area contributed by atoms with E-state index < -0.39 is 0 Å². The number of carbonyl (C=O) groups is 1. The Kier molecular flexibility index (Phi) is 6.10. The minimum absolute atomic E-state index is 0. The summed E-state index contributed by atoms with van der Waals surface area (Å²) in [5.74, 6) is 0.579. The molecule has 1 unspecified atom stereocenters. The van der Waals surface area contributed by atoms with Gasteiger partial charge in [-0.3, -0.25) is 4.79 Å². The maximum atomic E-state index is 12.4. The highest BCUT2D eigenvalue weighted by atomic mass is 35.5. The van der Waals surface area contributed by atoms with E-state index in [0.29, 0.717) is 24.9 Å². The molecule has 1 aliphatic heterocycles. The smallest absolute Gasteiger partial charge is 0.293 e. The number of nitrogens with zero attached hydrogens (tertiary/aromatic N) is 5. The highest BCUT2D eigenvalue weighted by molar-refractivity contribution is 5.91. The lowest BCUT2D eigenvalue weighted by molar-refractivity contribution is 0.0697. The number of hydrogen-bond donors (Lipinski definition) is 1. The first-order valence-corrected chi connectivity index (χ1v) is 6.78. The van der Waals surface area contributed by atoms with E-state index in [1.165, 1.54) is 0 Å². The van der Waals surface area contributed by atoms with Crippen molar-refractivity contribution in [3.63, 3.8) is 0 Å². The number of amides is 1. The number of hydrogen-bond acceptors (Lipinski definition) is 5. The molecule has 0 aliphatic carbocycles. The van der Waals surface area contributed by atoms with Crippen molar-refractivity contribution >= 4 is 36.5 Å². The molecule has 9 heteroatoms. The van der Waals surface area contributed by atoms with Gasteiger partial charge in [-0.25, -0.2) is 9.50 Å². The van der Waals surface area contributed by atoms with Gasteiger partial charge in [0.25, 0.3) is 11.7 Å². The van der Waals surface area contributed by atoms with Gasteiger partial charge >= 0.3 is 0 Å². The van der Waals surface area contributed by atoms with Gasteiger partial charge in [-0.1, -0.05) is 0 Å². The van der Waals surface area contributed by atoms with E-state index in [1.54, 1.807) is 9.42 Å². The number of aryl methyl sites for hydroxylation is 2. The second-order valence-electron chi connectivity index (χ2n) is 5.29. The summed E-state index contributed by atoms with van der Waals surface area (Å²) in [4.78, 5) is 22.8. The minimum atomic E-state index is -0.124. The zero-order chi connectivity index (χ0) is 14.3. The fourth-order valence-corrected chi connectivity index (χ4v) is 2.52. The Morgan fingerprint density at radius 3 is 2.73 bits per heavy atom. The number of piperazine rings is 1. The number of nitrogens with one attached hydrogen (secondary N) is 1. The van der Waals surface area contributed by atoms with Gasteiger partial charge in [-0.2, -0.15) is 4.98 Å².